The van der Waals surface area contributed by atoms with E-state index in [1.54, 1.807) is 13.0 Å². The van der Waals surface area contributed by atoms with Crippen LogP contribution in [0.2, 0.25) is 0 Å². The summed E-state index contributed by atoms with van der Waals surface area (Å²) in [6.07, 6.45) is -0.652. The summed E-state index contributed by atoms with van der Waals surface area (Å²) in [7, 11) is 0. The third-order valence-electron chi connectivity index (χ3n) is 4.41. The minimum atomic E-state index is -4.36. The Morgan fingerprint density at radius 2 is 1.96 bits per heavy atom. The molecule has 23 heavy (non-hydrogen) atoms. The van der Waals surface area contributed by atoms with Gasteiger partial charge in [-0.1, -0.05) is 25.1 Å². The Bertz CT molecular complexity index is 537. The van der Waals surface area contributed by atoms with Crippen molar-refractivity contribution in [3.05, 3.63) is 35.4 Å². The van der Waals surface area contributed by atoms with Gasteiger partial charge in [0.15, 0.2) is 0 Å². The van der Waals surface area contributed by atoms with Crippen molar-refractivity contribution in [2.24, 2.45) is 5.73 Å². The van der Waals surface area contributed by atoms with Gasteiger partial charge in [-0.3, -0.25) is 4.79 Å². The lowest BCUT2D eigenvalue weighted by molar-refractivity contribution is -0.137. The van der Waals surface area contributed by atoms with Gasteiger partial charge in [-0.05, 0) is 43.2 Å². The smallest absolute Gasteiger partial charge is 0.353 e. The zero-order valence-corrected chi connectivity index (χ0v) is 13.2. The van der Waals surface area contributed by atoms with Crippen molar-refractivity contribution in [2.45, 2.75) is 63.2 Å². The number of halogens is 3. The first-order valence-electron chi connectivity index (χ1n) is 7.98. The van der Waals surface area contributed by atoms with Crippen LogP contribution in [0.5, 0.6) is 0 Å². The van der Waals surface area contributed by atoms with Crippen LogP contribution in [-0.2, 0) is 11.0 Å². The van der Waals surface area contributed by atoms with Gasteiger partial charge in [-0.2, -0.15) is 13.2 Å². The molecule has 1 aliphatic carbocycles. The van der Waals surface area contributed by atoms with Crippen LogP contribution >= 0.6 is 0 Å². The molecule has 1 amide bonds. The molecule has 1 unspecified atom stereocenters. The summed E-state index contributed by atoms with van der Waals surface area (Å²) >= 11 is 0. The monoisotopic (exact) mass is 328 g/mol. The van der Waals surface area contributed by atoms with E-state index in [0.717, 1.165) is 37.8 Å². The fraction of sp³-hybridized carbons (Fsp3) is 0.588. The van der Waals surface area contributed by atoms with E-state index in [1.807, 2.05) is 0 Å². The van der Waals surface area contributed by atoms with Crippen LogP contribution in [0.3, 0.4) is 0 Å². The molecule has 128 valence electrons. The van der Waals surface area contributed by atoms with Gasteiger partial charge in [-0.25, -0.2) is 0 Å². The van der Waals surface area contributed by atoms with Crippen molar-refractivity contribution in [3.63, 3.8) is 0 Å². The first-order valence-corrected chi connectivity index (χ1v) is 7.98. The summed E-state index contributed by atoms with van der Waals surface area (Å²) in [6.45, 7) is 1.77. The maximum atomic E-state index is 12.7. The first kappa shape index (κ1) is 17.8. The molecular formula is C17H23F3N2O. The van der Waals surface area contributed by atoms with Crippen molar-refractivity contribution >= 4 is 5.91 Å². The zero-order valence-electron chi connectivity index (χ0n) is 13.2. The van der Waals surface area contributed by atoms with Crippen molar-refractivity contribution in [2.75, 3.05) is 0 Å². The molecule has 6 heteroatoms. The lowest BCUT2D eigenvalue weighted by Crippen LogP contribution is -2.40. The summed E-state index contributed by atoms with van der Waals surface area (Å²) < 4.78 is 38.2. The maximum Gasteiger partial charge on any atom is 0.416 e. The Hall–Kier alpha value is -1.56. The van der Waals surface area contributed by atoms with E-state index in [-0.39, 0.29) is 30.3 Å². The van der Waals surface area contributed by atoms with Gasteiger partial charge in [0.25, 0.3) is 0 Å². The van der Waals surface area contributed by atoms with Crippen LogP contribution in [0.4, 0.5) is 13.2 Å². The second-order valence-electron chi connectivity index (χ2n) is 6.41. The molecule has 0 saturated heterocycles. The second-order valence-corrected chi connectivity index (χ2v) is 6.41. The van der Waals surface area contributed by atoms with Gasteiger partial charge in [0.2, 0.25) is 5.91 Å². The second kappa shape index (κ2) is 7.34. The van der Waals surface area contributed by atoms with E-state index in [0.29, 0.717) is 5.56 Å². The average molecular weight is 328 g/mol. The van der Waals surface area contributed by atoms with E-state index in [1.165, 1.54) is 6.07 Å². The van der Waals surface area contributed by atoms with Gasteiger partial charge in [0, 0.05) is 18.5 Å². The molecule has 0 spiro atoms. The van der Waals surface area contributed by atoms with E-state index in [2.05, 4.69) is 5.32 Å². The van der Waals surface area contributed by atoms with Crippen molar-refractivity contribution in [3.8, 4) is 0 Å². The molecule has 3 nitrogen and oxygen atoms in total. The van der Waals surface area contributed by atoms with Gasteiger partial charge < -0.3 is 11.1 Å². The van der Waals surface area contributed by atoms with Crippen LogP contribution in [0.1, 0.15) is 56.1 Å². The molecule has 1 aliphatic rings. The largest absolute Gasteiger partial charge is 0.416 e. The predicted octanol–water partition coefficient (Wildman–Crippen LogP) is 3.59. The van der Waals surface area contributed by atoms with Crippen molar-refractivity contribution in [1.82, 2.24) is 5.32 Å². The van der Waals surface area contributed by atoms with Crippen molar-refractivity contribution < 1.29 is 18.0 Å². The van der Waals surface area contributed by atoms with Crippen molar-refractivity contribution in [1.29, 1.82) is 0 Å². The molecule has 1 aromatic carbocycles. The number of alkyl halides is 3. The van der Waals surface area contributed by atoms with E-state index in [4.69, 9.17) is 5.73 Å². The Balaban J connectivity index is 1.91. The fourth-order valence-corrected chi connectivity index (χ4v) is 2.97. The van der Waals surface area contributed by atoms with Crippen LogP contribution < -0.4 is 11.1 Å². The Labute approximate surface area is 134 Å². The number of benzene rings is 1. The van der Waals surface area contributed by atoms with E-state index < -0.39 is 11.7 Å². The Morgan fingerprint density at radius 3 is 2.57 bits per heavy atom. The standard InChI is InChI=1S/C17H23F3N2O/c1-11(12-3-2-4-13(10-12)17(18,19)20)9-16(23)22-15-7-5-14(21)6-8-15/h2-4,10-11,14-15H,5-9,21H2,1H3,(H,22,23). The highest BCUT2D eigenvalue weighted by atomic mass is 19.4. The molecule has 0 bridgehead atoms. The number of amides is 1. The van der Waals surface area contributed by atoms with Gasteiger partial charge >= 0.3 is 6.18 Å². The lowest BCUT2D eigenvalue weighted by Gasteiger charge is -2.27. The van der Waals surface area contributed by atoms with Crippen LogP contribution in [0.15, 0.2) is 24.3 Å². The van der Waals surface area contributed by atoms with E-state index >= 15 is 0 Å². The number of carbonyl (C=O) groups is 1. The van der Waals surface area contributed by atoms with Gasteiger partial charge in [0.05, 0.1) is 5.56 Å². The summed E-state index contributed by atoms with van der Waals surface area (Å²) in [4.78, 5) is 12.1. The molecular weight excluding hydrogens is 305 g/mol. The summed E-state index contributed by atoms with van der Waals surface area (Å²) in [5, 5.41) is 2.97. The number of nitrogens with two attached hydrogens (primary N) is 1. The summed E-state index contributed by atoms with van der Waals surface area (Å²) in [6, 6.07) is 5.53. The lowest BCUT2D eigenvalue weighted by atomic mass is 9.91. The third-order valence-corrected chi connectivity index (χ3v) is 4.41. The number of rotatable bonds is 4. The maximum absolute atomic E-state index is 12.7. The van der Waals surface area contributed by atoms with Crippen LogP contribution in [0, 0.1) is 0 Å². The highest BCUT2D eigenvalue weighted by molar-refractivity contribution is 5.77. The average Bonchev–Trinajstić information content (AvgIpc) is 2.49. The normalized spacial score (nSPS) is 23.3. The fourth-order valence-electron chi connectivity index (χ4n) is 2.97. The molecule has 1 fully saturated rings. The summed E-state index contributed by atoms with van der Waals surface area (Å²) in [5.41, 5.74) is 5.68. The molecule has 1 aromatic rings. The number of hydrogen-bond donors (Lipinski definition) is 2. The molecule has 0 aliphatic heterocycles. The van der Waals surface area contributed by atoms with Crippen LogP contribution in [-0.4, -0.2) is 18.0 Å². The SMILES string of the molecule is CC(CC(=O)NC1CCC(N)CC1)c1cccc(C(F)(F)F)c1. The van der Waals surface area contributed by atoms with Gasteiger partial charge in [0.1, 0.15) is 0 Å². The zero-order chi connectivity index (χ0) is 17.0. The number of hydrogen-bond acceptors (Lipinski definition) is 2. The molecule has 0 aromatic heterocycles. The van der Waals surface area contributed by atoms with E-state index in [9.17, 15) is 18.0 Å². The quantitative estimate of drug-likeness (QED) is 0.887. The highest BCUT2D eigenvalue weighted by Crippen LogP contribution is 2.31. The predicted molar refractivity (Wildman–Crippen MR) is 82.9 cm³/mol. The molecule has 0 heterocycles. The first-order chi connectivity index (χ1) is 10.8. The highest BCUT2D eigenvalue weighted by Gasteiger charge is 2.31. The van der Waals surface area contributed by atoms with Gasteiger partial charge in [-0.15, -0.1) is 0 Å². The number of carbonyl (C=O) groups excluding carboxylic acids is 1. The number of nitrogens with one attached hydrogen (secondary N) is 1. The minimum absolute atomic E-state index is 0.115. The Kier molecular flexibility index (Phi) is 5.68. The topological polar surface area (TPSA) is 55.1 Å². The summed E-state index contributed by atoms with van der Waals surface area (Å²) in [5.74, 6) is -0.376. The molecule has 1 atom stereocenters. The molecule has 2 rings (SSSR count). The van der Waals surface area contributed by atoms with Crippen LogP contribution in [0.25, 0.3) is 0 Å². The molecule has 0 radical (unpaired) electrons. The molecule has 1 saturated carbocycles. The minimum Gasteiger partial charge on any atom is -0.353 e. The third kappa shape index (κ3) is 5.23. The Morgan fingerprint density at radius 1 is 1.30 bits per heavy atom. The molecule has 3 N–H and O–H groups in total.